The third-order valence-electron chi connectivity index (χ3n) is 4.77. The van der Waals surface area contributed by atoms with Gasteiger partial charge in [0.15, 0.2) is 5.96 Å². The number of piperidine rings is 1. The topological polar surface area (TPSA) is 73.8 Å². The van der Waals surface area contributed by atoms with Gasteiger partial charge in [-0.1, -0.05) is 32.6 Å². The number of aliphatic imine (C=N–C) groups is 1. The first-order valence-corrected chi connectivity index (χ1v) is 11.7. The van der Waals surface area contributed by atoms with Crippen LogP contribution in [0.2, 0.25) is 0 Å². The van der Waals surface area contributed by atoms with E-state index in [-0.39, 0.29) is 0 Å². The largest absolute Gasteiger partial charge is 0.357 e. The number of unbranched alkanes of at least 4 members (excludes halogenated alkanes) is 3. The lowest BCUT2D eigenvalue weighted by molar-refractivity contribution is 0.280. The molecule has 1 aliphatic rings. The smallest absolute Gasteiger partial charge is 0.211 e. The molecule has 25 heavy (non-hydrogen) atoms. The molecule has 0 aliphatic carbocycles. The molecule has 0 aromatic carbocycles. The second-order valence-corrected chi connectivity index (χ2v) is 9.20. The standard InChI is InChI=1S/C18H38N4O2S/c1-5-7-8-9-10-16(3)21-18(19-6-2)20-15-17-11-13-22(14-12-17)25(4,23)24/h16-17H,5-15H2,1-4H3,(H2,19,20,21). The van der Waals surface area contributed by atoms with Gasteiger partial charge in [0.1, 0.15) is 0 Å². The highest BCUT2D eigenvalue weighted by Gasteiger charge is 2.24. The van der Waals surface area contributed by atoms with Crippen LogP contribution in [-0.2, 0) is 10.0 Å². The SMILES string of the molecule is CCCCCCC(C)NC(=NCC1CCN(S(C)(=O)=O)CC1)NCC. The maximum Gasteiger partial charge on any atom is 0.211 e. The molecular weight excluding hydrogens is 336 g/mol. The van der Waals surface area contributed by atoms with Gasteiger partial charge in [-0.2, -0.15) is 0 Å². The van der Waals surface area contributed by atoms with Gasteiger partial charge in [0.05, 0.1) is 6.26 Å². The van der Waals surface area contributed by atoms with Gasteiger partial charge >= 0.3 is 0 Å². The molecule has 0 aromatic heterocycles. The lowest BCUT2D eigenvalue weighted by Gasteiger charge is -2.29. The summed E-state index contributed by atoms with van der Waals surface area (Å²) in [7, 11) is -3.05. The summed E-state index contributed by atoms with van der Waals surface area (Å²) < 4.78 is 24.7. The Labute approximate surface area is 154 Å². The van der Waals surface area contributed by atoms with Gasteiger partial charge in [-0.3, -0.25) is 4.99 Å². The molecule has 0 saturated carbocycles. The highest BCUT2D eigenvalue weighted by Crippen LogP contribution is 2.19. The molecule has 1 unspecified atom stereocenters. The molecule has 7 heteroatoms. The molecule has 1 fully saturated rings. The average Bonchev–Trinajstić information content (AvgIpc) is 2.56. The normalized spacial score (nSPS) is 19.0. The highest BCUT2D eigenvalue weighted by atomic mass is 32.2. The van der Waals surface area contributed by atoms with Crippen molar-refractivity contribution >= 4 is 16.0 Å². The van der Waals surface area contributed by atoms with Crippen LogP contribution >= 0.6 is 0 Å². The number of nitrogens with zero attached hydrogens (tertiary/aromatic N) is 2. The Balaban J connectivity index is 2.40. The molecule has 1 heterocycles. The molecule has 1 atom stereocenters. The van der Waals surface area contributed by atoms with Gasteiger partial charge in [-0.15, -0.1) is 0 Å². The Morgan fingerprint density at radius 2 is 1.88 bits per heavy atom. The van der Waals surface area contributed by atoms with Crippen LogP contribution in [0, 0.1) is 5.92 Å². The van der Waals surface area contributed by atoms with Crippen molar-refractivity contribution in [3.8, 4) is 0 Å². The summed E-state index contributed by atoms with van der Waals surface area (Å²) in [6, 6.07) is 0.418. The highest BCUT2D eigenvalue weighted by molar-refractivity contribution is 7.88. The van der Waals surface area contributed by atoms with Crippen LogP contribution < -0.4 is 10.6 Å². The quantitative estimate of drug-likeness (QED) is 0.350. The molecule has 1 aliphatic heterocycles. The Morgan fingerprint density at radius 3 is 2.44 bits per heavy atom. The van der Waals surface area contributed by atoms with Gasteiger partial charge in [0.2, 0.25) is 10.0 Å². The summed E-state index contributed by atoms with van der Waals surface area (Å²) in [5.74, 6) is 1.35. The number of hydrogen-bond acceptors (Lipinski definition) is 3. The summed E-state index contributed by atoms with van der Waals surface area (Å²) in [5.41, 5.74) is 0. The lowest BCUT2D eigenvalue weighted by Crippen LogP contribution is -2.43. The fourth-order valence-corrected chi connectivity index (χ4v) is 4.02. The summed E-state index contributed by atoms with van der Waals surface area (Å²) in [5, 5.41) is 6.82. The number of guanidine groups is 1. The molecule has 0 radical (unpaired) electrons. The summed E-state index contributed by atoms with van der Waals surface area (Å²) in [6.45, 7) is 9.37. The number of hydrogen-bond donors (Lipinski definition) is 2. The minimum atomic E-state index is -3.05. The minimum Gasteiger partial charge on any atom is -0.357 e. The van der Waals surface area contributed by atoms with Crippen molar-refractivity contribution in [3.05, 3.63) is 0 Å². The van der Waals surface area contributed by atoms with Gasteiger partial charge < -0.3 is 10.6 Å². The molecule has 1 rings (SSSR count). The number of sulfonamides is 1. The van der Waals surface area contributed by atoms with Crippen molar-refractivity contribution in [3.63, 3.8) is 0 Å². The molecular formula is C18H38N4O2S. The average molecular weight is 375 g/mol. The van der Waals surface area contributed by atoms with E-state index >= 15 is 0 Å². The maximum absolute atomic E-state index is 11.6. The van der Waals surface area contributed by atoms with Crippen molar-refractivity contribution < 1.29 is 8.42 Å². The van der Waals surface area contributed by atoms with E-state index in [2.05, 4.69) is 31.4 Å². The van der Waals surface area contributed by atoms with Crippen LogP contribution in [0.4, 0.5) is 0 Å². The predicted molar refractivity (Wildman–Crippen MR) is 106 cm³/mol. The van der Waals surface area contributed by atoms with Crippen LogP contribution in [0.5, 0.6) is 0 Å². The van der Waals surface area contributed by atoms with E-state index in [1.54, 1.807) is 4.31 Å². The first-order valence-electron chi connectivity index (χ1n) is 9.86. The van der Waals surface area contributed by atoms with Crippen molar-refractivity contribution in [1.82, 2.24) is 14.9 Å². The van der Waals surface area contributed by atoms with Crippen molar-refractivity contribution in [1.29, 1.82) is 0 Å². The van der Waals surface area contributed by atoms with E-state index in [1.165, 1.54) is 31.9 Å². The van der Waals surface area contributed by atoms with E-state index in [0.717, 1.165) is 38.3 Å². The minimum absolute atomic E-state index is 0.418. The van der Waals surface area contributed by atoms with Crippen molar-refractivity contribution in [2.75, 3.05) is 32.4 Å². The second kappa shape index (κ2) is 11.7. The molecule has 1 saturated heterocycles. The number of rotatable bonds is 10. The van der Waals surface area contributed by atoms with Gasteiger partial charge in [0.25, 0.3) is 0 Å². The first kappa shape index (κ1) is 22.2. The van der Waals surface area contributed by atoms with E-state index in [9.17, 15) is 8.42 Å². The first-order chi connectivity index (χ1) is 11.9. The Kier molecular flexibility index (Phi) is 10.4. The van der Waals surface area contributed by atoms with E-state index in [0.29, 0.717) is 25.0 Å². The van der Waals surface area contributed by atoms with Crippen LogP contribution in [0.3, 0.4) is 0 Å². The molecule has 0 bridgehead atoms. The fraction of sp³-hybridized carbons (Fsp3) is 0.944. The summed E-state index contributed by atoms with van der Waals surface area (Å²) in [6.07, 6.45) is 9.38. The van der Waals surface area contributed by atoms with Gasteiger partial charge in [-0.05, 0) is 39.0 Å². The predicted octanol–water partition coefficient (Wildman–Crippen LogP) is 2.57. The second-order valence-electron chi connectivity index (χ2n) is 7.22. The Bertz CT molecular complexity index is 485. The monoisotopic (exact) mass is 374 g/mol. The number of nitrogens with one attached hydrogen (secondary N) is 2. The van der Waals surface area contributed by atoms with Crippen LogP contribution in [-0.4, -0.2) is 57.2 Å². The zero-order chi connectivity index (χ0) is 18.7. The van der Waals surface area contributed by atoms with E-state index in [1.807, 2.05) is 0 Å². The van der Waals surface area contributed by atoms with Gasteiger partial charge in [-0.25, -0.2) is 12.7 Å². The summed E-state index contributed by atoms with van der Waals surface area (Å²) >= 11 is 0. The fourth-order valence-electron chi connectivity index (χ4n) is 3.15. The molecule has 2 N–H and O–H groups in total. The van der Waals surface area contributed by atoms with Crippen molar-refractivity contribution in [2.24, 2.45) is 10.9 Å². The van der Waals surface area contributed by atoms with Crippen molar-refractivity contribution in [2.45, 2.75) is 71.8 Å². The molecule has 0 aromatic rings. The third-order valence-corrected chi connectivity index (χ3v) is 6.07. The lowest BCUT2D eigenvalue weighted by atomic mass is 9.98. The van der Waals surface area contributed by atoms with Gasteiger partial charge in [0, 0.05) is 32.2 Å². The third kappa shape index (κ3) is 9.45. The maximum atomic E-state index is 11.6. The molecule has 0 amide bonds. The molecule has 148 valence electrons. The zero-order valence-electron chi connectivity index (χ0n) is 16.6. The zero-order valence-corrected chi connectivity index (χ0v) is 17.4. The Hall–Kier alpha value is -0.820. The Morgan fingerprint density at radius 1 is 1.20 bits per heavy atom. The van der Waals surface area contributed by atoms with E-state index in [4.69, 9.17) is 4.99 Å². The van der Waals surface area contributed by atoms with E-state index < -0.39 is 10.0 Å². The van der Waals surface area contributed by atoms with Crippen LogP contribution in [0.1, 0.15) is 65.7 Å². The summed E-state index contributed by atoms with van der Waals surface area (Å²) in [4.78, 5) is 4.74. The van der Waals surface area contributed by atoms with Crippen LogP contribution in [0.25, 0.3) is 0 Å². The van der Waals surface area contributed by atoms with Crippen LogP contribution in [0.15, 0.2) is 4.99 Å². The molecule has 6 nitrogen and oxygen atoms in total. The molecule has 0 spiro atoms.